The van der Waals surface area contributed by atoms with Crippen molar-refractivity contribution in [3.63, 3.8) is 0 Å². The van der Waals surface area contributed by atoms with E-state index in [0.29, 0.717) is 23.1 Å². The maximum atomic E-state index is 12.1. The third-order valence-corrected chi connectivity index (χ3v) is 5.68. The van der Waals surface area contributed by atoms with Crippen LogP contribution in [0.4, 0.5) is 0 Å². The number of Topliss-reactive ketones (excluding diaryl/α,β-unsaturated/α-hetero) is 1. The Kier molecular flexibility index (Phi) is 4.70. The van der Waals surface area contributed by atoms with Crippen LogP contribution in [0.15, 0.2) is 0 Å². The topological polar surface area (TPSA) is 47.5 Å². The molecule has 2 fully saturated rings. The minimum atomic E-state index is 0.122. The van der Waals surface area contributed by atoms with E-state index in [1.807, 2.05) is 0 Å². The van der Waals surface area contributed by atoms with Crippen LogP contribution in [-0.4, -0.2) is 35.0 Å². The molecule has 2 unspecified atom stereocenters. The van der Waals surface area contributed by atoms with Crippen LogP contribution in [0, 0.1) is 5.92 Å². The van der Waals surface area contributed by atoms with Crippen LogP contribution in [0.25, 0.3) is 0 Å². The molecule has 0 aromatic rings. The summed E-state index contributed by atoms with van der Waals surface area (Å²) >= 11 is 5.40. The van der Waals surface area contributed by atoms with E-state index in [1.54, 1.807) is 11.8 Å². The lowest BCUT2D eigenvalue weighted by Gasteiger charge is -2.25. The molecule has 0 radical (unpaired) electrons. The molecule has 2 rings (SSSR count). The van der Waals surface area contributed by atoms with Crippen LogP contribution >= 0.6 is 27.7 Å². The molecule has 0 spiro atoms. The summed E-state index contributed by atoms with van der Waals surface area (Å²) in [5.74, 6) is 1.84. The Balaban J connectivity index is 1.79. The van der Waals surface area contributed by atoms with Gasteiger partial charge in [-0.1, -0.05) is 27.7 Å². The third-order valence-electron chi connectivity index (χ3n) is 3.64. The first-order chi connectivity index (χ1) is 7.66. The van der Waals surface area contributed by atoms with Gasteiger partial charge in [0.25, 0.3) is 0 Å². The molecular weight excluding hydrogens is 288 g/mol. The quantitative estimate of drug-likeness (QED) is 0.741. The van der Waals surface area contributed by atoms with Crippen molar-refractivity contribution in [2.75, 3.05) is 18.8 Å². The zero-order chi connectivity index (χ0) is 11.5. The molecule has 0 amide bonds. The van der Waals surface area contributed by atoms with E-state index in [-0.39, 0.29) is 5.50 Å². The fraction of sp³-hybridized carbons (Fsp3) is 0.909. The molecule has 5 heteroatoms. The standard InChI is InChI=1S/C11H19BrN2OS/c12-9-3-1-8(2-4-9)10(15)7-14-5-6-16-11(14)13/h8-9,11H,1-7,13H2/p+1. The molecule has 2 aliphatic rings. The molecule has 3 N–H and O–H groups in total. The van der Waals surface area contributed by atoms with Gasteiger partial charge in [-0.05, 0) is 25.7 Å². The van der Waals surface area contributed by atoms with Crippen LogP contribution in [0.5, 0.6) is 0 Å². The molecule has 1 heterocycles. The van der Waals surface area contributed by atoms with E-state index < -0.39 is 0 Å². The summed E-state index contributed by atoms with van der Waals surface area (Å²) in [5.41, 5.74) is 6.07. The average molecular weight is 308 g/mol. The van der Waals surface area contributed by atoms with Crippen molar-refractivity contribution in [2.45, 2.75) is 36.0 Å². The number of quaternary nitrogens is 1. The lowest BCUT2D eigenvalue weighted by molar-refractivity contribution is -0.894. The predicted molar refractivity (Wildman–Crippen MR) is 70.8 cm³/mol. The van der Waals surface area contributed by atoms with Crippen molar-refractivity contribution < 1.29 is 9.69 Å². The number of carbonyl (C=O) groups excluding carboxylic acids is 1. The molecular formula is C11H20BrN2OS+. The van der Waals surface area contributed by atoms with Crippen LogP contribution in [-0.2, 0) is 4.79 Å². The number of hydrogen-bond donors (Lipinski definition) is 2. The molecule has 1 aliphatic carbocycles. The molecule has 3 nitrogen and oxygen atoms in total. The van der Waals surface area contributed by atoms with Gasteiger partial charge in [0.2, 0.25) is 0 Å². The maximum Gasteiger partial charge on any atom is 0.189 e. The zero-order valence-electron chi connectivity index (χ0n) is 9.45. The summed E-state index contributed by atoms with van der Waals surface area (Å²) in [6.07, 6.45) is 4.41. The predicted octanol–water partition coefficient (Wildman–Crippen LogP) is 0.383. The van der Waals surface area contributed by atoms with Gasteiger partial charge in [-0.25, -0.2) is 0 Å². The van der Waals surface area contributed by atoms with Crippen molar-refractivity contribution in [3.8, 4) is 0 Å². The number of carbonyl (C=O) groups is 1. The Morgan fingerprint density at radius 2 is 2.06 bits per heavy atom. The minimum absolute atomic E-state index is 0.122. The van der Waals surface area contributed by atoms with Crippen molar-refractivity contribution >= 4 is 33.5 Å². The number of nitrogens with one attached hydrogen (secondary N) is 1. The van der Waals surface area contributed by atoms with Gasteiger partial charge in [-0.15, -0.1) is 0 Å². The van der Waals surface area contributed by atoms with Gasteiger partial charge in [0.05, 0.1) is 6.54 Å². The van der Waals surface area contributed by atoms with Gasteiger partial charge in [0.1, 0.15) is 6.54 Å². The molecule has 1 aliphatic heterocycles. The summed E-state index contributed by atoms with van der Waals surface area (Å²) in [6, 6.07) is 0. The van der Waals surface area contributed by atoms with Gasteiger partial charge < -0.3 is 4.90 Å². The largest absolute Gasteiger partial charge is 0.305 e. The van der Waals surface area contributed by atoms with E-state index >= 15 is 0 Å². The Morgan fingerprint density at radius 1 is 1.38 bits per heavy atom. The van der Waals surface area contributed by atoms with E-state index in [4.69, 9.17) is 5.73 Å². The smallest absolute Gasteiger partial charge is 0.189 e. The summed E-state index contributed by atoms with van der Waals surface area (Å²) < 4.78 is 0. The van der Waals surface area contributed by atoms with Gasteiger partial charge in [-0.3, -0.25) is 10.5 Å². The first-order valence-electron chi connectivity index (χ1n) is 6.05. The fourth-order valence-corrected chi connectivity index (χ4v) is 4.11. The Labute approximate surface area is 110 Å². The maximum absolute atomic E-state index is 12.1. The van der Waals surface area contributed by atoms with E-state index in [9.17, 15) is 4.79 Å². The van der Waals surface area contributed by atoms with Crippen molar-refractivity contribution in [3.05, 3.63) is 0 Å². The summed E-state index contributed by atoms with van der Waals surface area (Å²) in [4.78, 5) is 14.0. The van der Waals surface area contributed by atoms with Crippen molar-refractivity contribution in [1.82, 2.24) is 0 Å². The molecule has 1 saturated carbocycles. The average Bonchev–Trinajstić information content (AvgIpc) is 2.65. The molecule has 0 aromatic carbocycles. The van der Waals surface area contributed by atoms with Crippen LogP contribution in [0.3, 0.4) is 0 Å². The third kappa shape index (κ3) is 3.22. The minimum Gasteiger partial charge on any atom is -0.305 e. The highest BCUT2D eigenvalue weighted by Crippen LogP contribution is 2.28. The van der Waals surface area contributed by atoms with Crippen LogP contribution in [0.2, 0.25) is 0 Å². The number of nitrogens with two attached hydrogens (primary N) is 1. The molecule has 1 saturated heterocycles. The monoisotopic (exact) mass is 307 g/mol. The van der Waals surface area contributed by atoms with E-state index in [1.165, 1.54) is 4.90 Å². The highest BCUT2D eigenvalue weighted by molar-refractivity contribution is 9.09. The first-order valence-corrected chi connectivity index (χ1v) is 8.02. The second kappa shape index (κ2) is 5.85. The fourth-order valence-electron chi connectivity index (χ4n) is 2.51. The lowest BCUT2D eigenvalue weighted by atomic mass is 9.86. The van der Waals surface area contributed by atoms with Crippen molar-refractivity contribution in [2.24, 2.45) is 11.7 Å². The number of thioether (sulfide) groups is 1. The second-order valence-corrected chi connectivity index (χ2v) is 7.34. The number of ketones is 1. The molecule has 2 atom stereocenters. The Hall–Kier alpha value is 0.420. The van der Waals surface area contributed by atoms with Crippen LogP contribution < -0.4 is 10.6 Å². The van der Waals surface area contributed by atoms with Gasteiger partial charge in [0, 0.05) is 16.5 Å². The summed E-state index contributed by atoms with van der Waals surface area (Å²) in [5, 5.41) is 0. The zero-order valence-corrected chi connectivity index (χ0v) is 11.9. The molecule has 0 bridgehead atoms. The molecule has 16 heavy (non-hydrogen) atoms. The van der Waals surface area contributed by atoms with Gasteiger partial charge in [-0.2, -0.15) is 0 Å². The number of halogens is 1. The lowest BCUT2D eigenvalue weighted by Crippen LogP contribution is -3.16. The highest BCUT2D eigenvalue weighted by Gasteiger charge is 2.32. The summed E-state index contributed by atoms with van der Waals surface area (Å²) in [7, 11) is 0. The Bertz CT molecular complexity index is 256. The SMILES string of the molecule is NC1SCC[NH+]1CC(=O)C1CCC(Br)CC1. The normalized spacial score (nSPS) is 39.9. The van der Waals surface area contributed by atoms with Crippen LogP contribution in [0.1, 0.15) is 25.7 Å². The van der Waals surface area contributed by atoms with Gasteiger partial charge in [0.15, 0.2) is 11.3 Å². The molecule has 92 valence electrons. The second-order valence-electron chi connectivity index (χ2n) is 4.79. The number of hydrogen-bond acceptors (Lipinski definition) is 3. The van der Waals surface area contributed by atoms with Crippen molar-refractivity contribution in [1.29, 1.82) is 0 Å². The van der Waals surface area contributed by atoms with E-state index in [2.05, 4.69) is 15.9 Å². The highest BCUT2D eigenvalue weighted by atomic mass is 79.9. The molecule has 0 aromatic heterocycles. The first kappa shape index (κ1) is 12.9. The summed E-state index contributed by atoms with van der Waals surface area (Å²) in [6.45, 7) is 1.69. The number of rotatable bonds is 3. The Morgan fingerprint density at radius 3 is 2.62 bits per heavy atom. The number of alkyl halides is 1. The van der Waals surface area contributed by atoms with Gasteiger partial charge >= 0.3 is 0 Å². The van der Waals surface area contributed by atoms with E-state index in [0.717, 1.165) is 38.0 Å².